The van der Waals surface area contributed by atoms with Crippen molar-refractivity contribution in [1.82, 2.24) is 14.1 Å². The predicted molar refractivity (Wildman–Crippen MR) is 77.5 cm³/mol. The van der Waals surface area contributed by atoms with E-state index < -0.39 is 10.0 Å². The number of rotatable bonds is 7. The Morgan fingerprint density at radius 1 is 1.52 bits per heavy atom. The van der Waals surface area contributed by atoms with Crippen LogP contribution in [-0.2, 0) is 26.0 Å². The molecule has 0 radical (unpaired) electrons. The monoisotopic (exact) mass is 317 g/mol. The summed E-state index contributed by atoms with van der Waals surface area (Å²) in [6.45, 7) is 4.31. The topological polar surface area (TPSA) is 73.7 Å². The molecular weight excluding hydrogens is 294 g/mol. The van der Waals surface area contributed by atoms with E-state index >= 15 is 0 Å². The van der Waals surface area contributed by atoms with Gasteiger partial charge in [-0.05, 0) is 18.9 Å². The molecular formula is C13H23N3O4S. The van der Waals surface area contributed by atoms with E-state index in [4.69, 9.17) is 9.47 Å². The van der Waals surface area contributed by atoms with Crippen LogP contribution in [0, 0.1) is 0 Å². The quantitative estimate of drug-likeness (QED) is 0.741. The lowest BCUT2D eigenvalue weighted by atomic mass is 10.2. The van der Waals surface area contributed by atoms with Crippen molar-refractivity contribution in [3.63, 3.8) is 0 Å². The number of sulfonamides is 1. The van der Waals surface area contributed by atoms with Gasteiger partial charge in [-0.2, -0.15) is 9.40 Å². The molecule has 1 fully saturated rings. The molecule has 0 aromatic carbocycles. The summed E-state index contributed by atoms with van der Waals surface area (Å²) in [6, 6.07) is 1.56. The third-order valence-electron chi connectivity index (χ3n) is 3.46. The van der Waals surface area contributed by atoms with Gasteiger partial charge in [0.05, 0.1) is 18.9 Å². The maximum absolute atomic E-state index is 12.7. The second kappa shape index (κ2) is 7.35. The molecule has 2 rings (SSSR count). The van der Waals surface area contributed by atoms with Crippen molar-refractivity contribution in [3.8, 4) is 0 Å². The Hall–Kier alpha value is -0.960. The van der Waals surface area contributed by atoms with Crippen LogP contribution in [0.15, 0.2) is 17.3 Å². The van der Waals surface area contributed by atoms with E-state index in [1.54, 1.807) is 17.9 Å². The van der Waals surface area contributed by atoms with Gasteiger partial charge in [0.2, 0.25) is 0 Å². The van der Waals surface area contributed by atoms with Crippen LogP contribution in [0.4, 0.5) is 0 Å². The second-order valence-corrected chi connectivity index (χ2v) is 6.91. The molecule has 21 heavy (non-hydrogen) atoms. The van der Waals surface area contributed by atoms with Crippen molar-refractivity contribution >= 4 is 10.0 Å². The van der Waals surface area contributed by atoms with Crippen LogP contribution in [0.3, 0.4) is 0 Å². The van der Waals surface area contributed by atoms with Crippen molar-refractivity contribution in [2.24, 2.45) is 0 Å². The summed E-state index contributed by atoms with van der Waals surface area (Å²) >= 11 is 0. The summed E-state index contributed by atoms with van der Waals surface area (Å²) in [5.41, 5.74) is 0. The maximum atomic E-state index is 12.7. The SMILES string of the molecule is CCCn1nccc1S(=O)(=O)N1CCO[C@H](CCOC)C1. The van der Waals surface area contributed by atoms with Gasteiger partial charge in [0.25, 0.3) is 10.0 Å². The molecule has 0 saturated carbocycles. The first-order valence-electron chi connectivity index (χ1n) is 7.22. The summed E-state index contributed by atoms with van der Waals surface area (Å²) in [6.07, 6.45) is 2.95. The molecule has 120 valence electrons. The first-order valence-corrected chi connectivity index (χ1v) is 8.66. The van der Waals surface area contributed by atoms with Gasteiger partial charge >= 0.3 is 0 Å². The van der Waals surface area contributed by atoms with Crippen molar-refractivity contribution in [2.75, 3.05) is 33.4 Å². The van der Waals surface area contributed by atoms with E-state index in [-0.39, 0.29) is 11.1 Å². The van der Waals surface area contributed by atoms with Gasteiger partial charge in [-0.25, -0.2) is 8.42 Å². The molecule has 1 aliphatic heterocycles. The molecule has 0 unspecified atom stereocenters. The van der Waals surface area contributed by atoms with Gasteiger partial charge < -0.3 is 9.47 Å². The molecule has 0 spiro atoms. The lowest BCUT2D eigenvalue weighted by Crippen LogP contribution is -2.46. The minimum Gasteiger partial charge on any atom is -0.385 e. The molecule has 1 saturated heterocycles. The van der Waals surface area contributed by atoms with Gasteiger partial charge in [0, 0.05) is 33.4 Å². The number of aryl methyl sites for hydroxylation is 1. The van der Waals surface area contributed by atoms with Crippen LogP contribution in [0.25, 0.3) is 0 Å². The fourth-order valence-corrected chi connectivity index (χ4v) is 3.97. The van der Waals surface area contributed by atoms with Crippen LogP contribution < -0.4 is 0 Å². The van der Waals surface area contributed by atoms with Gasteiger partial charge in [0.1, 0.15) is 0 Å². The average molecular weight is 317 g/mol. The average Bonchev–Trinajstić information content (AvgIpc) is 2.95. The molecule has 1 aromatic heterocycles. The molecule has 1 atom stereocenters. The summed E-state index contributed by atoms with van der Waals surface area (Å²) in [7, 11) is -1.89. The number of hydrogen-bond acceptors (Lipinski definition) is 5. The zero-order valence-corrected chi connectivity index (χ0v) is 13.4. The number of ether oxygens (including phenoxy) is 2. The zero-order chi connectivity index (χ0) is 15.3. The van der Waals surface area contributed by atoms with Crippen LogP contribution in [0.5, 0.6) is 0 Å². The molecule has 0 bridgehead atoms. The van der Waals surface area contributed by atoms with E-state index in [2.05, 4.69) is 5.10 Å². The summed E-state index contributed by atoms with van der Waals surface area (Å²) < 4.78 is 39.1. The number of methoxy groups -OCH3 is 1. The van der Waals surface area contributed by atoms with E-state index in [1.165, 1.54) is 10.5 Å². The molecule has 1 aliphatic rings. The van der Waals surface area contributed by atoms with Crippen molar-refractivity contribution in [1.29, 1.82) is 0 Å². The second-order valence-electron chi connectivity index (χ2n) is 5.03. The highest BCUT2D eigenvalue weighted by molar-refractivity contribution is 7.89. The molecule has 2 heterocycles. The summed E-state index contributed by atoms with van der Waals surface area (Å²) in [5, 5.41) is 4.36. The van der Waals surface area contributed by atoms with E-state index in [0.29, 0.717) is 39.3 Å². The fourth-order valence-electron chi connectivity index (χ4n) is 2.39. The molecule has 0 amide bonds. The Kier molecular flexibility index (Phi) is 5.74. The predicted octanol–water partition coefficient (Wildman–Crippen LogP) is 0.719. The fraction of sp³-hybridized carbons (Fsp3) is 0.769. The molecule has 0 aliphatic carbocycles. The minimum atomic E-state index is -3.52. The van der Waals surface area contributed by atoms with Gasteiger partial charge in [-0.3, -0.25) is 4.68 Å². The third kappa shape index (κ3) is 3.82. The highest BCUT2D eigenvalue weighted by atomic mass is 32.2. The van der Waals surface area contributed by atoms with Gasteiger partial charge in [0.15, 0.2) is 5.03 Å². The summed E-state index contributed by atoms with van der Waals surface area (Å²) in [4.78, 5) is 0. The van der Waals surface area contributed by atoms with Crippen LogP contribution in [-0.4, -0.2) is 62.0 Å². The Morgan fingerprint density at radius 3 is 3.05 bits per heavy atom. The Labute approximate surface area is 125 Å². The third-order valence-corrected chi connectivity index (χ3v) is 5.35. The largest absolute Gasteiger partial charge is 0.385 e. The zero-order valence-electron chi connectivity index (χ0n) is 12.6. The highest BCUT2D eigenvalue weighted by Gasteiger charge is 2.32. The smallest absolute Gasteiger partial charge is 0.260 e. The number of hydrogen-bond donors (Lipinski definition) is 0. The van der Waals surface area contributed by atoms with Gasteiger partial charge in [-0.1, -0.05) is 6.92 Å². The van der Waals surface area contributed by atoms with Gasteiger partial charge in [-0.15, -0.1) is 0 Å². The highest BCUT2D eigenvalue weighted by Crippen LogP contribution is 2.19. The van der Waals surface area contributed by atoms with Crippen molar-refractivity contribution in [2.45, 2.75) is 37.4 Å². The van der Waals surface area contributed by atoms with E-state index in [1.807, 2.05) is 6.92 Å². The standard InChI is InChI=1S/C13H23N3O4S/c1-3-7-16-13(4-6-14-16)21(17,18)15-8-10-20-12(11-15)5-9-19-2/h4,6,12H,3,5,7-11H2,1-2H3/t12-/m1/s1. The number of morpholine rings is 1. The summed E-state index contributed by atoms with van der Waals surface area (Å²) in [5.74, 6) is 0. The lowest BCUT2D eigenvalue weighted by Gasteiger charge is -2.32. The first-order chi connectivity index (χ1) is 10.1. The maximum Gasteiger partial charge on any atom is 0.260 e. The van der Waals surface area contributed by atoms with E-state index in [0.717, 1.165) is 6.42 Å². The molecule has 0 N–H and O–H groups in total. The first kappa shape index (κ1) is 16.4. The number of nitrogens with zero attached hydrogens (tertiary/aromatic N) is 3. The molecule has 7 nitrogen and oxygen atoms in total. The Balaban J connectivity index is 2.13. The van der Waals surface area contributed by atoms with Crippen molar-refractivity contribution < 1.29 is 17.9 Å². The van der Waals surface area contributed by atoms with Crippen LogP contribution in [0.1, 0.15) is 19.8 Å². The Bertz CT molecular complexity index is 543. The normalized spacial score (nSPS) is 20.8. The molecule has 1 aromatic rings. The lowest BCUT2D eigenvalue weighted by molar-refractivity contribution is -0.0169. The minimum absolute atomic E-state index is 0.115. The van der Waals surface area contributed by atoms with Crippen molar-refractivity contribution in [3.05, 3.63) is 12.3 Å². The number of aromatic nitrogens is 2. The van der Waals surface area contributed by atoms with Crippen LogP contribution in [0.2, 0.25) is 0 Å². The van der Waals surface area contributed by atoms with E-state index in [9.17, 15) is 8.42 Å². The van der Waals surface area contributed by atoms with Crippen LogP contribution >= 0.6 is 0 Å². The molecule has 8 heteroatoms. The Morgan fingerprint density at radius 2 is 2.33 bits per heavy atom.